The van der Waals surface area contributed by atoms with Gasteiger partial charge in [-0.25, -0.2) is 4.39 Å². The molecular formula is C16H15FN2O2. The average Bonchev–Trinajstić information content (AvgIpc) is 2.47. The molecule has 2 aromatic rings. The van der Waals surface area contributed by atoms with Crippen LogP contribution in [0.2, 0.25) is 0 Å². The Labute approximate surface area is 121 Å². The Bertz CT molecular complexity index is 688. The Balaban J connectivity index is 1.95. The van der Waals surface area contributed by atoms with E-state index in [1.807, 2.05) is 18.2 Å². The molecule has 0 heterocycles. The maximum Gasteiger partial charge on any atom is 0.292 e. The number of aryl methyl sites for hydroxylation is 1. The maximum atomic E-state index is 13.4. The fraction of sp³-hybridized carbons (Fsp3) is 0.250. The summed E-state index contributed by atoms with van der Waals surface area (Å²) >= 11 is 0. The first-order valence-corrected chi connectivity index (χ1v) is 6.93. The molecule has 21 heavy (non-hydrogen) atoms. The minimum absolute atomic E-state index is 0.0181. The molecule has 1 aliphatic rings. The summed E-state index contributed by atoms with van der Waals surface area (Å²) < 4.78 is 13.4. The summed E-state index contributed by atoms with van der Waals surface area (Å²) in [7, 11) is 0. The number of halogens is 1. The van der Waals surface area contributed by atoms with Crippen molar-refractivity contribution in [2.75, 3.05) is 5.32 Å². The van der Waals surface area contributed by atoms with Crippen LogP contribution in [0.3, 0.4) is 0 Å². The predicted molar refractivity (Wildman–Crippen MR) is 78.8 cm³/mol. The number of benzene rings is 2. The minimum Gasteiger partial charge on any atom is -0.373 e. The van der Waals surface area contributed by atoms with Crippen LogP contribution in [0.15, 0.2) is 42.5 Å². The van der Waals surface area contributed by atoms with E-state index in [4.69, 9.17) is 0 Å². The molecule has 1 aliphatic carbocycles. The van der Waals surface area contributed by atoms with E-state index in [1.165, 1.54) is 17.7 Å². The molecule has 0 saturated heterocycles. The van der Waals surface area contributed by atoms with Crippen LogP contribution in [0.5, 0.6) is 0 Å². The van der Waals surface area contributed by atoms with Crippen LogP contribution >= 0.6 is 0 Å². The van der Waals surface area contributed by atoms with Gasteiger partial charge in [0.1, 0.15) is 11.5 Å². The summed E-state index contributed by atoms with van der Waals surface area (Å²) in [5.74, 6) is -0.479. The molecule has 0 saturated carbocycles. The van der Waals surface area contributed by atoms with Crippen molar-refractivity contribution in [3.63, 3.8) is 0 Å². The molecule has 4 nitrogen and oxygen atoms in total. The maximum absolute atomic E-state index is 13.4. The van der Waals surface area contributed by atoms with E-state index in [1.54, 1.807) is 0 Å². The second kappa shape index (κ2) is 5.52. The molecule has 0 bridgehead atoms. The van der Waals surface area contributed by atoms with Gasteiger partial charge in [-0.2, -0.15) is 0 Å². The zero-order chi connectivity index (χ0) is 14.8. The predicted octanol–water partition coefficient (Wildman–Crippen LogP) is 4.22. The van der Waals surface area contributed by atoms with Crippen molar-refractivity contribution < 1.29 is 9.31 Å². The van der Waals surface area contributed by atoms with E-state index in [9.17, 15) is 14.5 Å². The Morgan fingerprint density at radius 2 is 2.05 bits per heavy atom. The molecule has 0 amide bonds. The number of anilines is 1. The highest BCUT2D eigenvalue weighted by atomic mass is 19.1. The van der Waals surface area contributed by atoms with Gasteiger partial charge in [0, 0.05) is 12.1 Å². The summed E-state index contributed by atoms with van der Waals surface area (Å²) in [4.78, 5) is 10.6. The Hall–Kier alpha value is -2.43. The van der Waals surface area contributed by atoms with E-state index in [2.05, 4.69) is 11.4 Å². The standard InChI is InChI=1S/C16H15FN2O2/c17-12-8-9-16(19(20)21)15(10-12)18-14-7-3-5-11-4-1-2-6-13(11)14/h1-2,4,6,8-10,14,18H,3,5,7H2. The van der Waals surface area contributed by atoms with E-state index >= 15 is 0 Å². The summed E-state index contributed by atoms with van der Waals surface area (Å²) in [5.41, 5.74) is 2.53. The Kier molecular flexibility index (Phi) is 3.56. The van der Waals surface area contributed by atoms with Gasteiger partial charge in [-0.15, -0.1) is 0 Å². The van der Waals surface area contributed by atoms with Gasteiger partial charge in [0.25, 0.3) is 5.69 Å². The number of hydrogen-bond acceptors (Lipinski definition) is 3. The highest BCUT2D eigenvalue weighted by molar-refractivity contribution is 5.62. The third-order valence-electron chi connectivity index (χ3n) is 3.85. The van der Waals surface area contributed by atoms with Crippen molar-refractivity contribution in [2.45, 2.75) is 25.3 Å². The summed E-state index contributed by atoms with van der Waals surface area (Å²) in [6.07, 6.45) is 2.90. The SMILES string of the molecule is O=[N+]([O-])c1ccc(F)cc1NC1CCCc2ccccc21. The average molecular weight is 286 g/mol. The highest BCUT2D eigenvalue weighted by Crippen LogP contribution is 2.35. The number of fused-ring (bicyclic) bond motifs is 1. The topological polar surface area (TPSA) is 55.2 Å². The molecular weight excluding hydrogens is 271 g/mol. The van der Waals surface area contributed by atoms with Gasteiger partial charge in [0.05, 0.1) is 11.0 Å². The fourth-order valence-corrected chi connectivity index (χ4v) is 2.87. The van der Waals surface area contributed by atoms with Crippen LogP contribution in [-0.2, 0) is 6.42 Å². The van der Waals surface area contributed by atoms with Gasteiger partial charge in [0.2, 0.25) is 0 Å². The van der Waals surface area contributed by atoms with Crippen LogP contribution in [0, 0.1) is 15.9 Å². The Morgan fingerprint density at radius 1 is 1.24 bits per heavy atom. The van der Waals surface area contributed by atoms with Gasteiger partial charge in [0.15, 0.2) is 0 Å². The fourth-order valence-electron chi connectivity index (χ4n) is 2.87. The van der Waals surface area contributed by atoms with Gasteiger partial charge in [-0.1, -0.05) is 24.3 Å². The molecule has 108 valence electrons. The van der Waals surface area contributed by atoms with Crippen molar-refractivity contribution in [2.24, 2.45) is 0 Å². The van der Waals surface area contributed by atoms with Crippen LogP contribution in [0.4, 0.5) is 15.8 Å². The van der Waals surface area contributed by atoms with Gasteiger partial charge in [-0.05, 0) is 36.5 Å². The summed E-state index contributed by atoms with van der Waals surface area (Å²) in [6, 6.07) is 11.5. The van der Waals surface area contributed by atoms with Crippen LogP contribution < -0.4 is 5.32 Å². The monoisotopic (exact) mass is 286 g/mol. The lowest BCUT2D eigenvalue weighted by Crippen LogP contribution is -2.18. The number of nitrogens with zero attached hydrogens (tertiary/aromatic N) is 1. The normalized spacial score (nSPS) is 17.1. The first kappa shape index (κ1) is 13.5. The van der Waals surface area contributed by atoms with Gasteiger partial charge >= 0.3 is 0 Å². The largest absolute Gasteiger partial charge is 0.373 e. The lowest BCUT2D eigenvalue weighted by Gasteiger charge is -2.27. The molecule has 1 atom stereocenters. The number of rotatable bonds is 3. The van der Waals surface area contributed by atoms with Crippen LogP contribution in [0.1, 0.15) is 30.0 Å². The smallest absolute Gasteiger partial charge is 0.292 e. The summed E-state index contributed by atoms with van der Waals surface area (Å²) in [6.45, 7) is 0. The second-order valence-electron chi connectivity index (χ2n) is 5.21. The van der Waals surface area contributed by atoms with Gasteiger partial charge < -0.3 is 5.32 Å². The number of nitro groups is 1. The molecule has 0 spiro atoms. The number of nitrogens with one attached hydrogen (secondary N) is 1. The molecule has 1 N–H and O–H groups in total. The molecule has 0 radical (unpaired) electrons. The second-order valence-corrected chi connectivity index (χ2v) is 5.21. The lowest BCUT2D eigenvalue weighted by molar-refractivity contribution is -0.384. The molecule has 3 rings (SSSR count). The zero-order valence-electron chi connectivity index (χ0n) is 11.4. The summed E-state index contributed by atoms with van der Waals surface area (Å²) in [5, 5.41) is 14.2. The third kappa shape index (κ3) is 2.72. The molecule has 2 aromatic carbocycles. The molecule has 5 heteroatoms. The van der Waals surface area contributed by atoms with E-state index in [0.29, 0.717) is 0 Å². The molecule has 0 fully saturated rings. The molecule has 0 aromatic heterocycles. The quantitative estimate of drug-likeness (QED) is 0.678. The van der Waals surface area contributed by atoms with E-state index < -0.39 is 10.7 Å². The first-order chi connectivity index (χ1) is 10.1. The Morgan fingerprint density at radius 3 is 2.86 bits per heavy atom. The van der Waals surface area contributed by atoms with Crippen LogP contribution in [0.25, 0.3) is 0 Å². The molecule has 1 unspecified atom stereocenters. The van der Waals surface area contributed by atoms with E-state index in [-0.39, 0.29) is 17.4 Å². The van der Waals surface area contributed by atoms with Crippen molar-refractivity contribution in [1.29, 1.82) is 0 Å². The molecule has 0 aliphatic heterocycles. The number of nitro benzene ring substituents is 1. The van der Waals surface area contributed by atoms with Crippen molar-refractivity contribution in [3.05, 3.63) is 69.5 Å². The highest BCUT2D eigenvalue weighted by Gasteiger charge is 2.23. The lowest BCUT2D eigenvalue weighted by atomic mass is 9.87. The van der Waals surface area contributed by atoms with Crippen molar-refractivity contribution >= 4 is 11.4 Å². The minimum atomic E-state index is -0.490. The van der Waals surface area contributed by atoms with Crippen molar-refractivity contribution in [3.8, 4) is 0 Å². The van der Waals surface area contributed by atoms with E-state index in [0.717, 1.165) is 30.9 Å². The number of hydrogen-bond donors (Lipinski definition) is 1. The van der Waals surface area contributed by atoms with Gasteiger partial charge in [-0.3, -0.25) is 10.1 Å². The third-order valence-corrected chi connectivity index (χ3v) is 3.85. The first-order valence-electron chi connectivity index (χ1n) is 6.93. The van der Waals surface area contributed by atoms with Crippen LogP contribution in [-0.4, -0.2) is 4.92 Å². The van der Waals surface area contributed by atoms with Crippen molar-refractivity contribution in [1.82, 2.24) is 0 Å². The zero-order valence-corrected chi connectivity index (χ0v) is 11.4.